The first kappa shape index (κ1) is 20.2. The van der Waals surface area contributed by atoms with E-state index in [0.29, 0.717) is 12.6 Å². The van der Waals surface area contributed by atoms with Gasteiger partial charge in [-0.25, -0.2) is 4.79 Å². The molecule has 2 fully saturated rings. The molecule has 2 heterocycles. The van der Waals surface area contributed by atoms with E-state index in [9.17, 15) is 9.59 Å². The van der Waals surface area contributed by atoms with Crippen molar-refractivity contribution in [2.45, 2.75) is 51.8 Å². The molecule has 6 heteroatoms. The highest BCUT2D eigenvalue weighted by Crippen LogP contribution is 2.36. The van der Waals surface area contributed by atoms with E-state index in [1.165, 1.54) is 0 Å². The molecule has 1 amide bonds. The minimum absolute atomic E-state index is 0.0109. The molecule has 1 aromatic rings. The van der Waals surface area contributed by atoms with Crippen LogP contribution in [0.2, 0.25) is 0 Å². The Balaban J connectivity index is 1.68. The van der Waals surface area contributed by atoms with Gasteiger partial charge < -0.3 is 19.4 Å². The molecule has 6 nitrogen and oxygen atoms in total. The van der Waals surface area contributed by atoms with Gasteiger partial charge in [0.2, 0.25) is 0 Å². The number of carbonyl (C=O) groups is 2. The number of hydrogen-bond acceptors (Lipinski definition) is 5. The van der Waals surface area contributed by atoms with Crippen molar-refractivity contribution in [3.8, 4) is 0 Å². The van der Waals surface area contributed by atoms with Crippen LogP contribution in [0.25, 0.3) is 0 Å². The van der Waals surface area contributed by atoms with Gasteiger partial charge in [0.05, 0.1) is 6.04 Å². The van der Waals surface area contributed by atoms with Gasteiger partial charge in [0, 0.05) is 56.8 Å². The summed E-state index contributed by atoms with van der Waals surface area (Å²) in [4.78, 5) is 30.9. The third-order valence-corrected chi connectivity index (χ3v) is 5.20. The van der Waals surface area contributed by atoms with E-state index in [2.05, 4.69) is 11.0 Å². The molecule has 28 heavy (non-hydrogen) atoms. The Bertz CT molecular complexity index is 795. The molecule has 152 valence electrons. The summed E-state index contributed by atoms with van der Waals surface area (Å²) in [5, 5.41) is 0. The van der Waals surface area contributed by atoms with Crippen LogP contribution < -0.4 is 4.90 Å². The summed E-state index contributed by atoms with van der Waals surface area (Å²) in [6.07, 6.45) is 4.10. The highest BCUT2D eigenvalue weighted by molar-refractivity contribution is 6.05. The van der Waals surface area contributed by atoms with Crippen LogP contribution in [0.4, 0.5) is 10.5 Å². The van der Waals surface area contributed by atoms with E-state index in [0.717, 1.165) is 29.8 Å². The van der Waals surface area contributed by atoms with Crippen LogP contribution in [0.5, 0.6) is 0 Å². The van der Waals surface area contributed by atoms with Crippen LogP contribution >= 0.6 is 0 Å². The second kappa shape index (κ2) is 7.49. The molecule has 0 aromatic heterocycles. The lowest BCUT2D eigenvalue weighted by atomic mass is 10.0. The van der Waals surface area contributed by atoms with Crippen LogP contribution in [-0.4, -0.2) is 66.5 Å². The summed E-state index contributed by atoms with van der Waals surface area (Å²) in [5.41, 5.74) is 2.33. The molecule has 0 N–H and O–H groups in total. The topological polar surface area (TPSA) is 53.1 Å². The predicted molar refractivity (Wildman–Crippen MR) is 111 cm³/mol. The highest BCUT2D eigenvalue weighted by Gasteiger charge is 2.46. The summed E-state index contributed by atoms with van der Waals surface area (Å²) in [6, 6.07) is 6.49. The number of benzene rings is 1. The summed E-state index contributed by atoms with van der Waals surface area (Å²) >= 11 is 0. The van der Waals surface area contributed by atoms with Crippen molar-refractivity contribution in [1.29, 1.82) is 0 Å². The Morgan fingerprint density at radius 3 is 2.43 bits per heavy atom. The third-order valence-electron chi connectivity index (χ3n) is 5.20. The van der Waals surface area contributed by atoms with Crippen LogP contribution in [0, 0.1) is 6.92 Å². The third kappa shape index (κ3) is 4.32. The number of fused-ring (bicyclic) bond motifs is 2. The Hall–Kier alpha value is -2.50. The Kier molecular flexibility index (Phi) is 5.41. The van der Waals surface area contributed by atoms with Crippen LogP contribution in [0.15, 0.2) is 30.5 Å². The monoisotopic (exact) mass is 385 g/mol. The van der Waals surface area contributed by atoms with Gasteiger partial charge in [0.1, 0.15) is 5.60 Å². The van der Waals surface area contributed by atoms with Gasteiger partial charge in [-0.15, -0.1) is 0 Å². The van der Waals surface area contributed by atoms with Gasteiger partial charge in [-0.2, -0.15) is 0 Å². The normalized spacial score (nSPS) is 21.5. The fourth-order valence-corrected chi connectivity index (χ4v) is 3.94. The van der Waals surface area contributed by atoms with Crippen LogP contribution in [0.3, 0.4) is 0 Å². The lowest BCUT2D eigenvalue weighted by molar-refractivity contribution is 0.0214. The fraction of sp³-hybridized carbons (Fsp3) is 0.545. The molecular weight excluding hydrogens is 354 g/mol. The van der Waals surface area contributed by atoms with Gasteiger partial charge in [-0.3, -0.25) is 4.79 Å². The number of allylic oxidation sites excluding steroid dienone is 1. The molecular formula is C22H31N3O3. The quantitative estimate of drug-likeness (QED) is 0.587. The second-order valence-electron chi connectivity index (χ2n) is 8.97. The Morgan fingerprint density at radius 2 is 1.89 bits per heavy atom. The lowest BCUT2D eigenvalue weighted by Gasteiger charge is -2.36. The van der Waals surface area contributed by atoms with Crippen molar-refractivity contribution in [3.05, 3.63) is 41.6 Å². The zero-order valence-electron chi connectivity index (χ0n) is 17.7. The average Bonchev–Trinajstić information content (AvgIpc) is 3.18. The zero-order valence-corrected chi connectivity index (χ0v) is 17.7. The Labute approximate surface area is 167 Å². The fourth-order valence-electron chi connectivity index (χ4n) is 3.94. The lowest BCUT2D eigenvalue weighted by Crippen LogP contribution is -2.50. The largest absolute Gasteiger partial charge is 0.444 e. The van der Waals surface area contributed by atoms with Crippen molar-refractivity contribution in [2.24, 2.45) is 0 Å². The number of anilines is 1. The molecule has 0 radical (unpaired) electrons. The second-order valence-corrected chi connectivity index (χ2v) is 8.97. The molecule has 1 aromatic carbocycles. The minimum atomic E-state index is -0.473. The highest BCUT2D eigenvalue weighted by atomic mass is 16.6. The molecule has 3 rings (SSSR count). The molecule has 2 aliphatic rings. The number of carbonyl (C=O) groups excluding carboxylic acids is 2. The molecule has 2 aliphatic heterocycles. The van der Waals surface area contributed by atoms with E-state index >= 15 is 0 Å². The predicted octanol–water partition coefficient (Wildman–Crippen LogP) is 3.45. The average molecular weight is 386 g/mol. The van der Waals surface area contributed by atoms with Crippen molar-refractivity contribution in [3.63, 3.8) is 0 Å². The van der Waals surface area contributed by atoms with Crippen molar-refractivity contribution in [2.75, 3.05) is 32.1 Å². The number of likely N-dealkylation sites (tertiary alicyclic amines) is 1. The number of ether oxygens (including phenoxy) is 1. The number of nitrogens with zero attached hydrogens (tertiary/aromatic N) is 3. The SMILES string of the molecule is Cc1cc(N2C[C@@H]3C[C@H]2CN3C(=O)OC(C)(C)C)ccc1C(=O)C=CN(C)C. The summed E-state index contributed by atoms with van der Waals surface area (Å²) in [6.45, 7) is 9.14. The molecule has 0 unspecified atom stereocenters. The van der Waals surface area contributed by atoms with E-state index in [4.69, 9.17) is 4.74 Å². The van der Waals surface area contributed by atoms with E-state index in [1.54, 1.807) is 12.3 Å². The number of hydrogen-bond donors (Lipinski definition) is 0. The summed E-state index contributed by atoms with van der Waals surface area (Å²) < 4.78 is 5.54. The number of ketones is 1. The maximum absolute atomic E-state index is 12.4. The molecule has 2 atom stereocenters. The van der Waals surface area contributed by atoms with Crippen LogP contribution in [-0.2, 0) is 4.74 Å². The van der Waals surface area contributed by atoms with Crippen LogP contribution in [0.1, 0.15) is 43.1 Å². The van der Waals surface area contributed by atoms with Gasteiger partial charge in [-0.1, -0.05) is 0 Å². The summed E-state index contributed by atoms with van der Waals surface area (Å²) in [5.74, 6) is 0.0109. The molecule has 0 saturated carbocycles. The van der Waals surface area contributed by atoms with Crippen molar-refractivity contribution in [1.82, 2.24) is 9.80 Å². The standard InChI is InChI=1S/C22H31N3O3/c1-15-11-16(7-8-19(15)20(26)9-10-23(5)6)24-13-18-12-17(24)14-25(18)21(27)28-22(2,3)4/h7-11,17-18H,12-14H2,1-6H3/t17-,18-/m0/s1. The molecule has 2 saturated heterocycles. The number of piperazine rings is 1. The molecule has 0 aliphatic carbocycles. The number of amides is 1. The molecule has 0 spiro atoms. The smallest absolute Gasteiger partial charge is 0.410 e. The zero-order chi connectivity index (χ0) is 20.6. The van der Waals surface area contributed by atoms with Crippen molar-refractivity contribution >= 4 is 17.6 Å². The van der Waals surface area contributed by atoms with Gasteiger partial charge in [0.15, 0.2) is 5.78 Å². The first-order valence-electron chi connectivity index (χ1n) is 9.81. The van der Waals surface area contributed by atoms with E-state index < -0.39 is 5.60 Å². The van der Waals surface area contributed by atoms with Gasteiger partial charge in [-0.05, 0) is 57.9 Å². The van der Waals surface area contributed by atoms with E-state index in [-0.39, 0.29) is 17.9 Å². The first-order valence-corrected chi connectivity index (χ1v) is 9.81. The Morgan fingerprint density at radius 1 is 1.18 bits per heavy atom. The van der Waals surface area contributed by atoms with Gasteiger partial charge >= 0.3 is 6.09 Å². The first-order chi connectivity index (χ1) is 13.0. The van der Waals surface area contributed by atoms with E-state index in [1.807, 2.05) is 63.7 Å². The molecule has 2 bridgehead atoms. The van der Waals surface area contributed by atoms with Gasteiger partial charge in [0.25, 0.3) is 0 Å². The summed E-state index contributed by atoms with van der Waals surface area (Å²) in [7, 11) is 3.78. The maximum Gasteiger partial charge on any atom is 0.410 e. The van der Waals surface area contributed by atoms with Crippen molar-refractivity contribution < 1.29 is 14.3 Å². The number of rotatable bonds is 4. The maximum atomic E-state index is 12.4. The number of aryl methyl sites for hydroxylation is 1. The minimum Gasteiger partial charge on any atom is -0.444 e.